The Balaban J connectivity index is 0.000000840. The summed E-state index contributed by atoms with van der Waals surface area (Å²) in [6, 6.07) is 37.3. The van der Waals surface area contributed by atoms with Gasteiger partial charge in [0.15, 0.2) is 0 Å². The average Bonchev–Trinajstić information content (AvgIpc) is 3.72. The van der Waals surface area contributed by atoms with Crippen LogP contribution in [-0.4, -0.2) is 16.8 Å². The minimum atomic E-state index is -0.770. The van der Waals surface area contributed by atoms with Crippen molar-refractivity contribution in [3.05, 3.63) is 131 Å². The van der Waals surface area contributed by atoms with Crippen LogP contribution in [0.4, 0.5) is 0 Å². The molecule has 2 nitrogen and oxygen atoms in total. The molecule has 0 spiro atoms. The summed E-state index contributed by atoms with van der Waals surface area (Å²) < 4.78 is -0.468. The third-order valence-corrected chi connectivity index (χ3v) is 8.17. The van der Waals surface area contributed by atoms with E-state index in [2.05, 4.69) is 67.3 Å². The Hall–Kier alpha value is -2.96. The smallest absolute Gasteiger partial charge is 0.304 e. The number of unbranched alkanes of at least 4 members (excludes halogenated alkanes) is 6. The number of thioether (sulfide) groups is 1. The summed E-state index contributed by atoms with van der Waals surface area (Å²) in [6.07, 6.45) is 8.77. The molecule has 0 radical (unpaired) electrons. The molecule has 0 amide bonds. The van der Waals surface area contributed by atoms with E-state index in [0.717, 1.165) is 28.7 Å². The number of carbonyl (C=O) groups is 1. The van der Waals surface area contributed by atoms with E-state index in [4.69, 9.17) is 0 Å². The molecule has 40 heavy (non-hydrogen) atoms. The topological polar surface area (TPSA) is 37.3 Å². The molecule has 0 saturated heterocycles. The van der Waals surface area contributed by atoms with Gasteiger partial charge in [-0.25, -0.2) is 12.1 Å². The summed E-state index contributed by atoms with van der Waals surface area (Å²) in [7, 11) is 0. The largest absolute Gasteiger partial charge is 0.748 e. The Bertz CT molecular complexity index is 1220. The van der Waals surface area contributed by atoms with Crippen LogP contribution >= 0.6 is 11.8 Å². The van der Waals surface area contributed by atoms with Gasteiger partial charge in [-0.2, -0.15) is 23.9 Å². The van der Waals surface area contributed by atoms with Gasteiger partial charge in [-0.15, -0.1) is 5.56 Å². The normalized spacial score (nSPS) is 11.6. The van der Waals surface area contributed by atoms with Crippen molar-refractivity contribution in [2.75, 3.05) is 5.75 Å². The number of benzene rings is 2. The van der Waals surface area contributed by atoms with Crippen LogP contribution < -0.4 is 0 Å². The van der Waals surface area contributed by atoms with Crippen LogP contribution in [0.2, 0.25) is 0 Å². The Morgan fingerprint density at radius 2 is 1.40 bits per heavy atom. The Morgan fingerprint density at radius 1 is 0.825 bits per heavy atom. The Labute approximate surface area is 255 Å². The van der Waals surface area contributed by atoms with E-state index in [9.17, 15) is 9.90 Å². The summed E-state index contributed by atoms with van der Waals surface area (Å²) >= 11 is 1.68. The molecule has 0 saturated carbocycles. The standard InChI is InChI=1S/C31H35O2S.C5H5.Fe/c1-2-3-4-5-6-7-8-10-15-26-20-22-29(23-21-26)31(28-18-13-14-19-28,34-25-24-30(32)33)27-16-11-9-12-17-27;1-2-4-5-3-1;/h9,11-14,16-23H,2-8,24-25H2,1H3,(H,32,33);1-5H;/q-1;-5;. The number of carboxylic acid groups (broad SMARTS) is 1. The third kappa shape index (κ3) is 10.5. The SMILES string of the molecule is CCCCCCCCC#Cc1ccc(C(SCCC(=O)O)(c2ccccc2)[c-]2cccc2)cc1.[Fe].[cH-]1[cH-][cH-][cH-][cH-]1. The van der Waals surface area contributed by atoms with Crippen LogP contribution in [0.5, 0.6) is 0 Å². The van der Waals surface area contributed by atoms with Gasteiger partial charge >= 0.3 is 5.97 Å². The second-order valence-corrected chi connectivity index (χ2v) is 10.9. The molecule has 0 heterocycles. The van der Waals surface area contributed by atoms with Crippen molar-refractivity contribution in [1.29, 1.82) is 0 Å². The summed E-state index contributed by atoms with van der Waals surface area (Å²) in [6.45, 7) is 2.25. The zero-order valence-corrected chi connectivity index (χ0v) is 25.3. The predicted molar refractivity (Wildman–Crippen MR) is 166 cm³/mol. The number of carboxylic acids is 1. The fraction of sp³-hybridized carbons (Fsp3) is 0.306. The molecule has 4 rings (SSSR count). The van der Waals surface area contributed by atoms with Crippen molar-refractivity contribution in [2.45, 2.75) is 63.0 Å². The van der Waals surface area contributed by atoms with Gasteiger partial charge < -0.3 is 35.4 Å². The van der Waals surface area contributed by atoms with Crippen LogP contribution in [0.25, 0.3) is 0 Å². The summed E-state index contributed by atoms with van der Waals surface area (Å²) in [5.41, 5.74) is 4.48. The first-order valence-electron chi connectivity index (χ1n) is 14.1. The molecule has 4 aromatic carbocycles. The third-order valence-electron chi connectivity index (χ3n) is 6.62. The molecule has 0 aliphatic heterocycles. The van der Waals surface area contributed by atoms with Gasteiger partial charge in [-0.1, -0.05) is 93.3 Å². The molecule has 4 heteroatoms. The van der Waals surface area contributed by atoms with E-state index >= 15 is 0 Å². The summed E-state index contributed by atoms with van der Waals surface area (Å²) in [4.78, 5) is 11.3. The van der Waals surface area contributed by atoms with Crippen LogP contribution in [0.3, 0.4) is 0 Å². The van der Waals surface area contributed by atoms with Gasteiger partial charge in [-0.05, 0) is 29.7 Å². The number of hydrogen-bond donors (Lipinski definition) is 1. The first-order valence-corrected chi connectivity index (χ1v) is 15.0. The quantitative estimate of drug-likeness (QED) is 0.0727. The van der Waals surface area contributed by atoms with Gasteiger partial charge in [0, 0.05) is 39.6 Å². The fourth-order valence-corrected chi connectivity index (χ4v) is 6.08. The number of hydrogen-bond acceptors (Lipinski definition) is 2. The van der Waals surface area contributed by atoms with E-state index in [1.165, 1.54) is 38.5 Å². The molecule has 0 aliphatic rings. The minimum absolute atomic E-state index is 0. The van der Waals surface area contributed by atoms with Crippen LogP contribution in [0, 0.1) is 11.8 Å². The van der Waals surface area contributed by atoms with Gasteiger partial charge in [0.25, 0.3) is 0 Å². The molecule has 216 valence electrons. The molecule has 1 N–H and O–H groups in total. The zero-order chi connectivity index (χ0) is 27.6. The average molecular weight is 593 g/mol. The molecule has 0 bridgehead atoms. The molecule has 0 aliphatic carbocycles. The van der Waals surface area contributed by atoms with Crippen LogP contribution in [-0.2, 0) is 26.6 Å². The first-order chi connectivity index (χ1) is 19.2. The number of aliphatic carboxylic acids is 1. The second kappa shape index (κ2) is 19.2. The maximum absolute atomic E-state index is 11.3. The Morgan fingerprint density at radius 3 is 2.00 bits per heavy atom. The van der Waals surface area contributed by atoms with Crippen molar-refractivity contribution in [1.82, 2.24) is 0 Å². The second-order valence-electron chi connectivity index (χ2n) is 9.57. The van der Waals surface area contributed by atoms with Crippen LogP contribution in [0.15, 0.2) is 109 Å². The summed E-state index contributed by atoms with van der Waals surface area (Å²) in [5, 5.41) is 9.26. The van der Waals surface area contributed by atoms with Crippen molar-refractivity contribution < 1.29 is 27.0 Å². The minimum Gasteiger partial charge on any atom is -0.748 e. The molecular weight excluding hydrogens is 552 g/mol. The molecule has 1 unspecified atom stereocenters. The maximum atomic E-state index is 11.3. The number of rotatable bonds is 13. The van der Waals surface area contributed by atoms with E-state index in [-0.39, 0.29) is 23.5 Å². The van der Waals surface area contributed by atoms with E-state index in [0.29, 0.717) is 5.75 Å². The van der Waals surface area contributed by atoms with Crippen LogP contribution in [0.1, 0.15) is 80.5 Å². The van der Waals surface area contributed by atoms with Crippen molar-refractivity contribution in [3.63, 3.8) is 0 Å². The van der Waals surface area contributed by atoms with Gasteiger partial charge in [0.2, 0.25) is 0 Å². The summed E-state index contributed by atoms with van der Waals surface area (Å²) in [5.74, 6) is 6.41. The predicted octanol–water partition coefficient (Wildman–Crippen LogP) is 9.41. The molecule has 1 atom stereocenters. The zero-order valence-electron chi connectivity index (χ0n) is 23.4. The first kappa shape index (κ1) is 33.2. The van der Waals surface area contributed by atoms with Crippen molar-refractivity contribution >= 4 is 17.7 Å². The molecule has 4 aromatic rings. The fourth-order valence-electron chi connectivity index (χ4n) is 4.59. The molecule has 0 fully saturated rings. The Kier molecular flexibility index (Phi) is 15.9. The molecule has 0 aromatic heterocycles. The van der Waals surface area contributed by atoms with Crippen molar-refractivity contribution in [3.8, 4) is 11.8 Å². The maximum Gasteiger partial charge on any atom is 0.304 e. The van der Waals surface area contributed by atoms with E-state index in [1.807, 2.05) is 60.7 Å². The van der Waals surface area contributed by atoms with Gasteiger partial charge in [-0.3, -0.25) is 4.79 Å². The van der Waals surface area contributed by atoms with Gasteiger partial charge in [0.1, 0.15) is 0 Å². The molecular formula is C36H40FeO2S-6. The van der Waals surface area contributed by atoms with E-state index < -0.39 is 10.7 Å². The van der Waals surface area contributed by atoms with Crippen molar-refractivity contribution in [2.24, 2.45) is 0 Å². The van der Waals surface area contributed by atoms with Gasteiger partial charge in [0.05, 0.1) is 6.42 Å². The monoisotopic (exact) mass is 592 g/mol. The van der Waals surface area contributed by atoms with E-state index in [1.54, 1.807) is 11.8 Å².